The average molecular weight is 515 g/mol. The third-order valence-corrected chi connectivity index (χ3v) is 6.58. The third kappa shape index (κ3) is 6.27. The molecule has 2 aliphatic rings. The number of likely N-dealkylation sites (N-methyl/N-ethyl adjacent to an activating group) is 1. The zero-order chi connectivity index (χ0) is 24.8. The van der Waals surface area contributed by atoms with E-state index in [0.29, 0.717) is 30.3 Å². The first-order chi connectivity index (χ1) is 17.0. The molecule has 0 saturated carbocycles. The molecule has 1 amide bonds. The van der Waals surface area contributed by atoms with Crippen LogP contribution in [0.3, 0.4) is 0 Å². The molecule has 36 heavy (non-hydrogen) atoms. The van der Waals surface area contributed by atoms with Gasteiger partial charge in [0.15, 0.2) is 0 Å². The summed E-state index contributed by atoms with van der Waals surface area (Å²) in [6.45, 7) is 2.09. The Morgan fingerprint density at radius 2 is 1.97 bits per heavy atom. The first-order valence-electron chi connectivity index (χ1n) is 11.9. The zero-order valence-corrected chi connectivity index (χ0v) is 22.0. The molecule has 2 aromatic carbocycles. The van der Waals surface area contributed by atoms with Crippen molar-refractivity contribution >= 4 is 25.3 Å². The number of fused-ring (bicyclic) bond motifs is 1. The van der Waals surface area contributed by atoms with Gasteiger partial charge in [0.1, 0.15) is 23.7 Å². The van der Waals surface area contributed by atoms with Crippen LogP contribution in [0.5, 0.6) is 5.75 Å². The maximum atomic E-state index is 15.2. The van der Waals surface area contributed by atoms with Crippen molar-refractivity contribution in [2.45, 2.75) is 25.1 Å². The summed E-state index contributed by atoms with van der Waals surface area (Å²) in [5.74, 6) is 0.127. The van der Waals surface area contributed by atoms with Gasteiger partial charge in [0.2, 0.25) is 11.8 Å². The van der Waals surface area contributed by atoms with E-state index in [1.807, 2.05) is 44.4 Å². The lowest BCUT2D eigenvalue weighted by atomic mass is 9.95. The van der Waals surface area contributed by atoms with Gasteiger partial charge in [-0.05, 0) is 32.3 Å². The van der Waals surface area contributed by atoms with Gasteiger partial charge in [0.05, 0.1) is 13.0 Å². The van der Waals surface area contributed by atoms with Crippen LogP contribution < -0.4 is 10.1 Å². The molecule has 2 aromatic rings. The number of methoxy groups -OCH3 is 1. The molecule has 2 unspecified atom stereocenters. The van der Waals surface area contributed by atoms with E-state index in [0.717, 1.165) is 18.5 Å². The zero-order valence-electron chi connectivity index (χ0n) is 21.0. The molecular weight excluding hydrogens is 479 g/mol. The monoisotopic (exact) mass is 514 g/mol. The number of nitrogens with one attached hydrogen (secondary N) is 1. The Labute approximate surface area is 219 Å². The van der Waals surface area contributed by atoms with Crippen molar-refractivity contribution in [2.24, 2.45) is 10.9 Å². The highest BCUT2D eigenvalue weighted by Crippen LogP contribution is 2.28. The summed E-state index contributed by atoms with van der Waals surface area (Å²) in [6, 6.07) is 14.6. The minimum atomic E-state index is -0.417. The number of carbonyl (C=O) groups is 1. The predicted molar refractivity (Wildman–Crippen MR) is 144 cm³/mol. The highest BCUT2D eigenvalue weighted by molar-refractivity contribution is 7.59. The molecular formula is C27H35FN4O3S. The molecule has 1 saturated heterocycles. The fourth-order valence-corrected chi connectivity index (χ4v) is 4.63. The summed E-state index contributed by atoms with van der Waals surface area (Å²) in [5.41, 5.74) is 1.50. The van der Waals surface area contributed by atoms with E-state index in [9.17, 15) is 4.79 Å². The molecule has 4 rings (SSSR count). The number of hydrogen-bond donors (Lipinski definition) is 1. The van der Waals surface area contributed by atoms with Crippen LogP contribution in [0.15, 0.2) is 65.8 Å². The molecule has 9 heteroatoms. The van der Waals surface area contributed by atoms with Crippen LogP contribution in [-0.2, 0) is 16.1 Å². The van der Waals surface area contributed by atoms with Crippen LogP contribution in [-0.4, -0.2) is 68.5 Å². The highest BCUT2D eigenvalue weighted by atomic mass is 32.1. The number of amides is 1. The second-order valence-corrected chi connectivity index (χ2v) is 8.89. The number of benzene rings is 2. The van der Waals surface area contributed by atoms with E-state index in [4.69, 9.17) is 9.47 Å². The molecule has 1 fully saturated rings. The second kappa shape index (κ2) is 12.9. The van der Waals surface area contributed by atoms with E-state index in [-0.39, 0.29) is 43.9 Å². The summed E-state index contributed by atoms with van der Waals surface area (Å²) >= 11 is 0. The maximum absolute atomic E-state index is 15.2. The Balaban J connectivity index is 0.00000361. The number of nitrogens with zero attached hydrogens (tertiary/aromatic N) is 3. The number of rotatable bonds is 8. The van der Waals surface area contributed by atoms with Gasteiger partial charge in [0.25, 0.3) is 0 Å². The number of carbonyl (C=O) groups excluding carboxylic acids is 1. The van der Waals surface area contributed by atoms with Crippen molar-refractivity contribution in [2.75, 3.05) is 40.8 Å². The van der Waals surface area contributed by atoms with Gasteiger partial charge in [0, 0.05) is 43.9 Å². The number of halogens is 1. The van der Waals surface area contributed by atoms with E-state index >= 15 is 4.39 Å². The van der Waals surface area contributed by atoms with Crippen LogP contribution >= 0.6 is 13.5 Å². The van der Waals surface area contributed by atoms with E-state index in [2.05, 4.69) is 15.2 Å². The molecule has 0 aliphatic carbocycles. The maximum Gasteiger partial charge on any atom is 0.232 e. The Kier molecular flexibility index (Phi) is 9.92. The molecule has 1 N–H and O–H groups in total. The fraction of sp³-hybridized carbons (Fsp3) is 0.407. The fourth-order valence-electron chi connectivity index (χ4n) is 4.63. The molecule has 0 radical (unpaired) electrons. The van der Waals surface area contributed by atoms with E-state index < -0.39 is 5.92 Å². The minimum absolute atomic E-state index is 0. The van der Waals surface area contributed by atoms with Crippen LogP contribution in [0.4, 0.5) is 4.39 Å². The minimum Gasteiger partial charge on any atom is -0.486 e. The van der Waals surface area contributed by atoms with Crippen molar-refractivity contribution < 1.29 is 18.7 Å². The normalized spacial score (nSPS) is 20.6. The van der Waals surface area contributed by atoms with Gasteiger partial charge < -0.3 is 19.7 Å². The highest BCUT2D eigenvalue weighted by Gasteiger charge is 2.40. The van der Waals surface area contributed by atoms with Crippen LogP contribution in [0.25, 0.3) is 0 Å². The topological polar surface area (TPSA) is 66.4 Å². The first kappa shape index (κ1) is 27.7. The second-order valence-electron chi connectivity index (χ2n) is 8.89. The summed E-state index contributed by atoms with van der Waals surface area (Å²) in [4.78, 5) is 21.4. The molecule has 3 atom stereocenters. The summed E-state index contributed by atoms with van der Waals surface area (Å²) in [5, 5.41) is 3.14. The lowest BCUT2D eigenvalue weighted by molar-refractivity contribution is -0.134. The molecule has 7 nitrogen and oxygen atoms in total. The molecule has 194 valence electrons. The summed E-state index contributed by atoms with van der Waals surface area (Å²) in [6.07, 6.45) is 3.97. The van der Waals surface area contributed by atoms with Gasteiger partial charge in [-0.25, -0.2) is 9.38 Å². The standard InChI is InChI=1S/C27H33FN4O3.H2S/c1-29-13-12-24(19-7-5-4-6-8-19)35-21-10-9-20(23(28)17-21)18-32-16-15-31(2)25-22(27(32)33)11-14-30-26(25)34-3;/h4-11,14,17,22,24-25,29H,12-13,15-16,18H2,1-3H3;1H2/t22?,24-,25?;/m0./s1. The van der Waals surface area contributed by atoms with Crippen LogP contribution in [0.1, 0.15) is 23.7 Å². The average Bonchev–Trinajstić information content (AvgIpc) is 3.00. The predicted octanol–water partition coefficient (Wildman–Crippen LogP) is 3.50. The SMILES string of the molecule is CNCC[C@H](Oc1ccc(CN2CCN(C)C3C(OC)=NC=CC3C2=O)c(F)c1)c1ccccc1.S. The lowest BCUT2D eigenvalue weighted by Crippen LogP contribution is -2.47. The molecule has 0 aromatic heterocycles. The summed E-state index contributed by atoms with van der Waals surface area (Å²) < 4.78 is 26.8. The molecule has 0 bridgehead atoms. The van der Waals surface area contributed by atoms with E-state index in [1.54, 1.807) is 36.4 Å². The molecule has 0 spiro atoms. The van der Waals surface area contributed by atoms with Gasteiger partial charge in [-0.1, -0.05) is 42.5 Å². The molecule has 2 aliphatic heterocycles. The first-order valence-corrected chi connectivity index (χ1v) is 11.9. The lowest BCUT2D eigenvalue weighted by Gasteiger charge is -2.31. The largest absolute Gasteiger partial charge is 0.486 e. The number of ether oxygens (including phenoxy) is 2. The Morgan fingerprint density at radius 1 is 1.19 bits per heavy atom. The molecule has 2 heterocycles. The smallest absolute Gasteiger partial charge is 0.232 e. The van der Waals surface area contributed by atoms with Gasteiger partial charge in [-0.3, -0.25) is 9.69 Å². The van der Waals surface area contributed by atoms with Crippen molar-refractivity contribution in [3.8, 4) is 5.75 Å². The van der Waals surface area contributed by atoms with Gasteiger partial charge >= 0.3 is 0 Å². The summed E-state index contributed by atoms with van der Waals surface area (Å²) in [7, 11) is 5.41. The number of hydrogen-bond acceptors (Lipinski definition) is 6. The quantitative estimate of drug-likeness (QED) is 0.584. The van der Waals surface area contributed by atoms with Crippen molar-refractivity contribution in [1.29, 1.82) is 0 Å². The Morgan fingerprint density at radius 3 is 2.67 bits per heavy atom. The van der Waals surface area contributed by atoms with Gasteiger partial charge in [-0.15, -0.1) is 0 Å². The third-order valence-electron chi connectivity index (χ3n) is 6.58. The van der Waals surface area contributed by atoms with Gasteiger partial charge in [-0.2, -0.15) is 13.5 Å². The van der Waals surface area contributed by atoms with Crippen molar-refractivity contribution in [1.82, 2.24) is 15.1 Å². The van der Waals surface area contributed by atoms with Crippen LogP contribution in [0.2, 0.25) is 0 Å². The Hall–Kier alpha value is -2.88. The van der Waals surface area contributed by atoms with Crippen LogP contribution in [0, 0.1) is 11.7 Å². The van der Waals surface area contributed by atoms with Crippen molar-refractivity contribution in [3.05, 3.63) is 77.8 Å². The van der Waals surface area contributed by atoms with E-state index in [1.165, 1.54) is 6.07 Å². The van der Waals surface area contributed by atoms with Crippen molar-refractivity contribution in [3.63, 3.8) is 0 Å². The Bertz CT molecular complexity index is 1080. The number of aliphatic imine (C=N–C) groups is 1.